The molecule has 0 radical (unpaired) electrons. The minimum Gasteiger partial charge on any atom is -0.350 e. The molecule has 0 bridgehead atoms. The smallest absolute Gasteiger partial charge is 0.0742 e. The van der Waals surface area contributed by atoms with Crippen LogP contribution in [0.25, 0.3) is 33.4 Å². The minimum absolute atomic E-state index is 0.192. The first-order chi connectivity index (χ1) is 31.3. The zero-order valence-electron chi connectivity index (χ0n) is 34.8. The maximum Gasteiger partial charge on any atom is 0.0742 e. The molecule has 6 aromatic rings. The fraction of sp³-hybridized carbons (Fsp3) is 0.0820. The Kier molecular flexibility index (Phi) is 8.11. The summed E-state index contributed by atoms with van der Waals surface area (Å²) in [6, 6.07) is 56.8. The van der Waals surface area contributed by atoms with Crippen molar-refractivity contribution in [2.24, 2.45) is 11.8 Å². The summed E-state index contributed by atoms with van der Waals surface area (Å²) in [5.74, 6) is 0.423. The van der Waals surface area contributed by atoms with E-state index in [9.17, 15) is 0 Å². The van der Waals surface area contributed by atoms with E-state index in [2.05, 4.69) is 253 Å². The molecule has 0 fully saturated rings. The van der Waals surface area contributed by atoms with Crippen molar-refractivity contribution in [3.63, 3.8) is 0 Å². The van der Waals surface area contributed by atoms with E-state index in [4.69, 9.17) is 0 Å². The lowest BCUT2D eigenvalue weighted by atomic mass is 9.62. The fourth-order valence-electron chi connectivity index (χ4n) is 11.9. The van der Waals surface area contributed by atoms with E-state index in [1.54, 1.807) is 0 Å². The average Bonchev–Trinajstić information content (AvgIpc) is 3.97. The molecule has 63 heavy (non-hydrogen) atoms. The van der Waals surface area contributed by atoms with Gasteiger partial charge in [-0.3, -0.25) is 0 Å². The Hall–Kier alpha value is -7.68. The van der Waals surface area contributed by atoms with Gasteiger partial charge in [0.15, 0.2) is 0 Å². The van der Waals surface area contributed by atoms with Crippen molar-refractivity contribution in [1.29, 1.82) is 0 Å². The van der Waals surface area contributed by atoms with Crippen LogP contribution in [0.1, 0.15) is 11.1 Å². The van der Waals surface area contributed by atoms with Crippen molar-refractivity contribution in [3.05, 3.63) is 282 Å². The molecule has 4 unspecified atom stereocenters. The molecule has 0 saturated heterocycles. The molecule has 1 heterocycles. The van der Waals surface area contributed by atoms with Crippen LogP contribution >= 0.6 is 0 Å². The molecule has 7 aliphatic rings. The third-order valence-electron chi connectivity index (χ3n) is 14.5. The number of rotatable bonds is 6. The van der Waals surface area contributed by atoms with Crippen molar-refractivity contribution < 1.29 is 0 Å². The van der Waals surface area contributed by atoms with Crippen molar-refractivity contribution in [2.75, 3.05) is 9.80 Å². The van der Waals surface area contributed by atoms with Crippen molar-refractivity contribution in [2.45, 2.75) is 17.5 Å². The molecule has 6 aliphatic carbocycles. The van der Waals surface area contributed by atoms with Gasteiger partial charge >= 0.3 is 0 Å². The first kappa shape index (κ1) is 36.0. The largest absolute Gasteiger partial charge is 0.350 e. The van der Waals surface area contributed by atoms with Crippen molar-refractivity contribution in [1.82, 2.24) is 0 Å². The topological polar surface area (TPSA) is 6.48 Å². The number of nitrogens with zero attached hydrogens (tertiary/aromatic N) is 2. The predicted octanol–water partition coefficient (Wildman–Crippen LogP) is 14.4. The SMILES string of the molecule is C1=CC2=C3C=CC=CC3N(c3ccc(-c4ccc(N(C5=CC6=C7C=CC=CC7C7(c8ccccc8-c8ccccc87)C6C=C5)c5ccc(-c6ccccc6)cc5)cc4)cc3)C2C=C1. The van der Waals surface area contributed by atoms with Crippen molar-refractivity contribution in [3.8, 4) is 33.4 Å². The number of anilines is 3. The standard InChI is InChI=1S/C61H44N2/c1-2-14-41(15-3-1)42-26-32-45(33-27-42)62(46-34-28-43(29-35-46)44-30-36-47(37-31-44)63-59-24-12-7-19-52(59)53-20-8-13-25-60(53)63)48-38-39-58-54(40-48)51-18-6-11-23-57(51)61(58)55-21-9-4-16-49(55)50-17-5-10-22-56(50)61/h1-40,57-60H. The number of benzene rings is 6. The van der Waals surface area contributed by atoms with Crippen LogP contribution in [0.4, 0.5) is 17.1 Å². The lowest BCUT2D eigenvalue weighted by molar-refractivity contribution is 0.404. The van der Waals surface area contributed by atoms with E-state index in [0.717, 1.165) is 17.1 Å². The highest BCUT2D eigenvalue weighted by atomic mass is 15.2. The van der Waals surface area contributed by atoms with Gasteiger partial charge in [-0.2, -0.15) is 0 Å². The Balaban J connectivity index is 0.877. The molecule has 298 valence electrons. The second-order valence-corrected chi connectivity index (χ2v) is 17.5. The van der Waals surface area contributed by atoms with Crippen LogP contribution < -0.4 is 9.80 Å². The lowest BCUT2D eigenvalue weighted by Gasteiger charge is -2.40. The molecule has 1 spiro atoms. The Bertz CT molecular complexity index is 3080. The zero-order valence-corrected chi connectivity index (χ0v) is 34.8. The van der Waals surface area contributed by atoms with E-state index in [-0.39, 0.29) is 29.3 Å². The third-order valence-corrected chi connectivity index (χ3v) is 14.5. The molecule has 0 aromatic heterocycles. The predicted molar refractivity (Wildman–Crippen MR) is 262 cm³/mol. The summed E-state index contributed by atoms with van der Waals surface area (Å²) in [5, 5.41) is 0. The Morgan fingerprint density at radius 2 is 0.857 bits per heavy atom. The number of hydrogen-bond donors (Lipinski definition) is 0. The van der Waals surface area contributed by atoms with Crippen LogP contribution in [0, 0.1) is 11.8 Å². The second-order valence-electron chi connectivity index (χ2n) is 17.5. The fourth-order valence-corrected chi connectivity index (χ4v) is 11.9. The van der Waals surface area contributed by atoms with Gasteiger partial charge in [0.2, 0.25) is 0 Å². The van der Waals surface area contributed by atoms with Gasteiger partial charge in [-0.15, -0.1) is 0 Å². The summed E-state index contributed by atoms with van der Waals surface area (Å²) in [4.78, 5) is 4.98. The second kappa shape index (κ2) is 14.2. The van der Waals surface area contributed by atoms with Gasteiger partial charge in [0.25, 0.3) is 0 Å². The zero-order chi connectivity index (χ0) is 41.5. The summed E-state index contributed by atoms with van der Waals surface area (Å²) in [6.45, 7) is 0. The lowest BCUT2D eigenvalue weighted by Crippen LogP contribution is -2.38. The summed E-state index contributed by atoms with van der Waals surface area (Å²) in [5.41, 5.74) is 20.5. The van der Waals surface area contributed by atoms with Gasteiger partial charge < -0.3 is 9.80 Å². The van der Waals surface area contributed by atoms with Gasteiger partial charge in [0.05, 0.1) is 12.1 Å². The average molecular weight is 805 g/mol. The molecule has 0 amide bonds. The molecule has 2 heteroatoms. The van der Waals surface area contributed by atoms with E-state index in [1.807, 2.05) is 0 Å². The Morgan fingerprint density at radius 1 is 0.381 bits per heavy atom. The van der Waals surface area contributed by atoms with Crippen LogP contribution in [0.15, 0.2) is 271 Å². The Morgan fingerprint density at radius 3 is 1.44 bits per heavy atom. The monoisotopic (exact) mass is 804 g/mol. The van der Waals surface area contributed by atoms with E-state index >= 15 is 0 Å². The minimum atomic E-state index is -0.207. The maximum absolute atomic E-state index is 2.54. The highest BCUT2D eigenvalue weighted by molar-refractivity contribution is 5.86. The molecule has 6 aromatic carbocycles. The highest BCUT2D eigenvalue weighted by Gasteiger charge is 2.58. The summed E-state index contributed by atoms with van der Waals surface area (Å²) in [6.07, 6.45) is 34.6. The van der Waals surface area contributed by atoms with E-state index in [1.165, 1.54) is 72.5 Å². The van der Waals surface area contributed by atoms with Crippen LogP contribution in [0.2, 0.25) is 0 Å². The molecule has 13 rings (SSSR count). The number of hydrogen-bond acceptors (Lipinski definition) is 2. The Labute approximate surface area is 369 Å². The molecular formula is C61H44N2. The summed E-state index contributed by atoms with van der Waals surface area (Å²) >= 11 is 0. The molecule has 1 aliphatic heterocycles. The number of allylic oxidation sites excluding steroid dienone is 13. The van der Waals surface area contributed by atoms with Crippen LogP contribution in [0.3, 0.4) is 0 Å². The van der Waals surface area contributed by atoms with E-state index < -0.39 is 0 Å². The summed E-state index contributed by atoms with van der Waals surface area (Å²) in [7, 11) is 0. The number of fused-ring (bicyclic) bond motifs is 11. The molecule has 4 atom stereocenters. The maximum atomic E-state index is 2.54. The third kappa shape index (κ3) is 5.38. The molecule has 2 nitrogen and oxygen atoms in total. The van der Waals surface area contributed by atoms with Crippen LogP contribution in [-0.2, 0) is 5.41 Å². The van der Waals surface area contributed by atoms with Gasteiger partial charge in [-0.25, -0.2) is 0 Å². The highest BCUT2D eigenvalue weighted by Crippen LogP contribution is 2.65. The van der Waals surface area contributed by atoms with Gasteiger partial charge in [0, 0.05) is 40.0 Å². The first-order valence-electron chi connectivity index (χ1n) is 22.3. The van der Waals surface area contributed by atoms with Gasteiger partial charge in [-0.1, -0.05) is 194 Å². The van der Waals surface area contributed by atoms with Gasteiger partial charge in [0.1, 0.15) is 0 Å². The van der Waals surface area contributed by atoms with Gasteiger partial charge in [-0.05, 0) is 115 Å². The quantitative estimate of drug-likeness (QED) is 0.165. The van der Waals surface area contributed by atoms with Crippen LogP contribution in [0.5, 0.6) is 0 Å². The molecular weight excluding hydrogens is 761 g/mol. The van der Waals surface area contributed by atoms with Crippen molar-refractivity contribution >= 4 is 17.1 Å². The first-order valence-corrected chi connectivity index (χ1v) is 22.3. The molecule has 0 N–H and O–H groups in total. The summed E-state index contributed by atoms with van der Waals surface area (Å²) < 4.78 is 0. The molecule has 0 saturated carbocycles. The van der Waals surface area contributed by atoms with Crippen LogP contribution in [-0.4, -0.2) is 12.1 Å². The normalized spacial score (nSPS) is 22.2. The van der Waals surface area contributed by atoms with E-state index in [0.29, 0.717) is 0 Å².